The van der Waals surface area contributed by atoms with E-state index in [1.807, 2.05) is 0 Å². The Morgan fingerprint density at radius 2 is 1.63 bits per heavy atom. The molecular weight excluding hydrogens is 532 g/mol. The van der Waals surface area contributed by atoms with Gasteiger partial charge in [0.15, 0.2) is 11.5 Å². The number of carbonyl (C=O) groups excluding carboxylic acids is 4. The fourth-order valence-corrected chi connectivity index (χ4v) is 2.68. The molecule has 2 N–H and O–H groups in total. The third-order valence-electron chi connectivity index (χ3n) is 4.24. The number of para-hydroxylation sites is 1. The van der Waals surface area contributed by atoms with Gasteiger partial charge in [0.2, 0.25) is 6.79 Å². The van der Waals surface area contributed by atoms with Gasteiger partial charge in [0.25, 0.3) is 5.09 Å². The molecule has 206 valence electrons. The van der Waals surface area contributed by atoms with E-state index < -0.39 is 35.8 Å². The highest BCUT2D eigenvalue weighted by molar-refractivity contribution is 5.94. The summed E-state index contributed by atoms with van der Waals surface area (Å²) >= 11 is 0. The maximum Gasteiger partial charge on any atom is 0.344 e. The SMILES string of the molecule is CC(=O)Oc1ccccc1C(=O)OCOC(=O)c1ccc(OCCCO[N+](=O)[O-])c(OC(=O)CCN)c1.Cl. The number of carbonyl (C=O) groups is 4. The van der Waals surface area contributed by atoms with Crippen molar-refractivity contribution in [2.75, 3.05) is 26.6 Å². The molecule has 2 rings (SSSR count). The van der Waals surface area contributed by atoms with Gasteiger partial charge in [-0.15, -0.1) is 22.5 Å². The van der Waals surface area contributed by atoms with Crippen LogP contribution in [0.4, 0.5) is 0 Å². The molecule has 0 atom stereocenters. The second kappa shape index (κ2) is 16.3. The van der Waals surface area contributed by atoms with E-state index in [9.17, 15) is 29.3 Å². The van der Waals surface area contributed by atoms with Crippen LogP contribution in [-0.2, 0) is 23.9 Å². The Morgan fingerprint density at radius 1 is 0.921 bits per heavy atom. The number of hydrogen-bond acceptors (Lipinski definition) is 13. The summed E-state index contributed by atoms with van der Waals surface area (Å²) in [5.74, 6) is -3.18. The van der Waals surface area contributed by atoms with E-state index in [1.54, 1.807) is 6.07 Å². The first kappa shape index (κ1) is 31.6. The second-order valence-corrected chi connectivity index (χ2v) is 7.00. The number of ether oxygens (including phenoxy) is 5. The Hall–Kier alpha value is -4.43. The van der Waals surface area contributed by atoms with Crippen LogP contribution in [0.25, 0.3) is 0 Å². The summed E-state index contributed by atoms with van der Waals surface area (Å²) in [4.78, 5) is 62.2. The predicted molar refractivity (Wildman–Crippen MR) is 130 cm³/mol. The third-order valence-corrected chi connectivity index (χ3v) is 4.24. The molecule has 0 amide bonds. The van der Waals surface area contributed by atoms with Gasteiger partial charge < -0.3 is 34.3 Å². The molecular formula is C23H25ClN2O12. The van der Waals surface area contributed by atoms with E-state index in [1.165, 1.54) is 43.3 Å². The topological polar surface area (TPSA) is 193 Å². The zero-order chi connectivity index (χ0) is 27.2. The Balaban J connectivity index is 0.00000722. The minimum Gasteiger partial charge on any atom is -0.490 e. The zero-order valence-corrected chi connectivity index (χ0v) is 20.9. The van der Waals surface area contributed by atoms with Crippen molar-refractivity contribution in [2.45, 2.75) is 19.8 Å². The van der Waals surface area contributed by atoms with Crippen molar-refractivity contribution in [1.82, 2.24) is 0 Å². The largest absolute Gasteiger partial charge is 0.490 e. The quantitative estimate of drug-likeness (QED) is 0.0889. The van der Waals surface area contributed by atoms with E-state index in [4.69, 9.17) is 29.4 Å². The summed E-state index contributed by atoms with van der Waals surface area (Å²) in [7, 11) is 0. The molecule has 2 aromatic carbocycles. The molecule has 0 radical (unpaired) electrons. The normalized spacial score (nSPS) is 9.84. The van der Waals surface area contributed by atoms with Gasteiger partial charge in [-0.2, -0.15) is 0 Å². The lowest BCUT2D eigenvalue weighted by molar-refractivity contribution is -0.757. The standard InChI is InChI=1S/C23H24N2O12.ClH/c1-15(26)36-18-6-3-2-5-17(18)23(29)34-14-33-22(28)16-7-8-19(32-11-4-12-35-25(30)31)20(13-16)37-21(27)9-10-24;/h2-3,5-8,13H,4,9-12,14,24H2,1H3;1H. The van der Waals surface area contributed by atoms with Crippen molar-refractivity contribution in [3.63, 3.8) is 0 Å². The number of nitrogens with two attached hydrogens (primary N) is 1. The summed E-state index contributed by atoms with van der Waals surface area (Å²) in [5, 5.41) is 9.26. The molecule has 0 spiro atoms. The minimum atomic E-state index is -0.934. The van der Waals surface area contributed by atoms with Gasteiger partial charge in [-0.1, -0.05) is 12.1 Å². The highest BCUT2D eigenvalue weighted by atomic mass is 35.5. The number of esters is 4. The average Bonchev–Trinajstić information content (AvgIpc) is 2.84. The fourth-order valence-electron chi connectivity index (χ4n) is 2.68. The summed E-state index contributed by atoms with van der Waals surface area (Å²) < 4.78 is 25.5. The zero-order valence-electron chi connectivity index (χ0n) is 20.1. The smallest absolute Gasteiger partial charge is 0.344 e. The molecule has 0 heterocycles. The van der Waals surface area contributed by atoms with Gasteiger partial charge in [0, 0.05) is 19.9 Å². The molecule has 0 aromatic heterocycles. The monoisotopic (exact) mass is 556 g/mol. The van der Waals surface area contributed by atoms with Crippen molar-refractivity contribution in [3.05, 3.63) is 63.7 Å². The van der Waals surface area contributed by atoms with Crippen LogP contribution in [0.1, 0.15) is 40.5 Å². The molecule has 0 bridgehead atoms. The molecule has 38 heavy (non-hydrogen) atoms. The number of hydrogen-bond donors (Lipinski definition) is 1. The van der Waals surface area contributed by atoms with Gasteiger partial charge in [-0.05, 0) is 30.3 Å². The highest BCUT2D eigenvalue weighted by Gasteiger charge is 2.18. The summed E-state index contributed by atoms with van der Waals surface area (Å²) in [5.41, 5.74) is 5.24. The van der Waals surface area contributed by atoms with Crippen LogP contribution in [0, 0.1) is 10.1 Å². The first-order valence-electron chi connectivity index (χ1n) is 10.8. The van der Waals surface area contributed by atoms with E-state index in [0.29, 0.717) is 0 Å². The molecule has 14 nitrogen and oxygen atoms in total. The molecule has 0 aliphatic rings. The number of halogens is 1. The number of nitrogens with zero attached hydrogens (tertiary/aromatic N) is 1. The molecule has 0 fully saturated rings. The lowest BCUT2D eigenvalue weighted by Crippen LogP contribution is -2.16. The van der Waals surface area contributed by atoms with E-state index in [0.717, 1.165) is 0 Å². The van der Waals surface area contributed by atoms with Gasteiger partial charge in [0.05, 0.1) is 25.2 Å². The molecule has 0 saturated carbocycles. The second-order valence-electron chi connectivity index (χ2n) is 7.00. The molecule has 0 saturated heterocycles. The van der Waals surface area contributed by atoms with E-state index in [2.05, 4.69) is 4.84 Å². The van der Waals surface area contributed by atoms with Gasteiger partial charge >= 0.3 is 23.9 Å². The summed E-state index contributed by atoms with van der Waals surface area (Å²) in [6.07, 6.45) is 0.0580. The first-order valence-corrected chi connectivity index (χ1v) is 10.8. The van der Waals surface area contributed by atoms with Crippen LogP contribution in [0.5, 0.6) is 17.2 Å². The van der Waals surface area contributed by atoms with Crippen LogP contribution in [0.15, 0.2) is 42.5 Å². The van der Waals surface area contributed by atoms with E-state index >= 15 is 0 Å². The Bertz CT molecular complexity index is 1140. The number of benzene rings is 2. The third kappa shape index (κ3) is 10.7. The van der Waals surface area contributed by atoms with Crippen LogP contribution in [0.2, 0.25) is 0 Å². The summed E-state index contributed by atoms with van der Waals surface area (Å²) in [6, 6.07) is 9.67. The fraction of sp³-hybridized carbons (Fsp3) is 0.304. The maximum absolute atomic E-state index is 12.4. The van der Waals surface area contributed by atoms with Gasteiger partial charge in [-0.25, -0.2) is 9.59 Å². The average molecular weight is 557 g/mol. The van der Waals surface area contributed by atoms with Crippen LogP contribution < -0.4 is 19.9 Å². The lowest BCUT2D eigenvalue weighted by atomic mass is 10.2. The van der Waals surface area contributed by atoms with Crippen LogP contribution >= 0.6 is 12.4 Å². The molecule has 15 heteroatoms. The van der Waals surface area contributed by atoms with Crippen molar-refractivity contribution in [3.8, 4) is 17.2 Å². The molecule has 0 aliphatic carbocycles. The minimum absolute atomic E-state index is 0. The highest BCUT2D eigenvalue weighted by Crippen LogP contribution is 2.29. The van der Waals surface area contributed by atoms with Gasteiger partial charge in [0.1, 0.15) is 11.3 Å². The molecule has 2 aromatic rings. The Labute approximate surface area is 222 Å². The maximum atomic E-state index is 12.4. The number of rotatable bonds is 14. The van der Waals surface area contributed by atoms with Crippen LogP contribution in [0.3, 0.4) is 0 Å². The molecule has 0 aliphatic heterocycles. The van der Waals surface area contributed by atoms with E-state index in [-0.39, 0.29) is 73.4 Å². The predicted octanol–water partition coefficient (Wildman–Crippen LogP) is 2.24. The first-order chi connectivity index (χ1) is 17.7. The lowest BCUT2D eigenvalue weighted by Gasteiger charge is -2.13. The molecule has 0 unspecified atom stereocenters. The van der Waals surface area contributed by atoms with Crippen molar-refractivity contribution >= 4 is 36.3 Å². The van der Waals surface area contributed by atoms with Gasteiger partial charge in [-0.3, -0.25) is 9.59 Å². The summed E-state index contributed by atoms with van der Waals surface area (Å²) in [6.45, 7) is 0.226. The van der Waals surface area contributed by atoms with Crippen molar-refractivity contribution in [2.24, 2.45) is 5.73 Å². The Kier molecular flexibility index (Phi) is 13.6. The van der Waals surface area contributed by atoms with Crippen LogP contribution in [-0.4, -0.2) is 55.5 Å². The Morgan fingerprint density at radius 3 is 2.32 bits per heavy atom. The van der Waals surface area contributed by atoms with Crippen molar-refractivity contribution < 1.29 is 52.8 Å². The van der Waals surface area contributed by atoms with Crippen molar-refractivity contribution in [1.29, 1.82) is 0 Å².